The maximum absolute atomic E-state index is 12.7. The summed E-state index contributed by atoms with van der Waals surface area (Å²) in [5.41, 5.74) is 1.82. The summed E-state index contributed by atoms with van der Waals surface area (Å²) in [4.78, 5) is 37.9. The summed E-state index contributed by atoms with van der Waals surface area (Å²) < 4.78 is 5.15. The minimum Gasteiger partial charge on any atom is -0.385 e. The van der Waals surface area contributed by atoms with Crippen LogP contribution in [0.25, 0.3) is 0 Å². The molecule has 158 valence electrons. The van der Waals surface area contributed by atoms with Gasteiger partial charge in [0.05, 0.1) is 0 Å². The smallest absolute Gasteiger partial charge is 0.261 e. The zero-order chi connectivity index (χ0) is 21.7. The molecule has 2 aromatic carbocycles. The fourth-order valence-corrected chi connectivity index (χ4v) is 3.33. The summed E-state index contributed by atoms with van der Waals surface area (Å²) in [5.74, 6) is -0.422. The van der Waals surface area contributed by atoms with Gasteiger partial charge in [0.15, 0.2) is 5.75 Å². The van der Waals surface area contributed by atoms with Crippen molar-refractivity contribution in [1.29, 1.82) is 0 Å². The number of amides is 2. The minimum atomic E-state index is -0.738. The summed E-state index contributed by atoms with van der Waals surface area (Å²) in [6.45, 7) is 5.98. The van der Waals surface area contributed by atoms with E-state index >= 15 is 0 Å². The lowest BCUT2D eigenvalue weighted by molar-refractivity contribution is -0.286. The quantitative estimate of drug-likeness (QED) is 0.267. The molecule has 0 saturated carbocycles. The van der Waals surface area contributed by atoms with Crippen LogP contribution in [-0.4, -0.2) is 25.5 Å². The van der Waals surface area contributed by atoms with Crippen LogP contribution < -0.4 is 9.79 Å². The maximum Gasteiger partial charge on any atom is 0.261 e. The number of hydrogen-bond donors (Lipinski definition) is 0. The Morgan fingerprint density at radius 1 is 1.00 bits per heavy atom. The van der Waals surface area contributed by atoms with Crippen molar-refractivity contribution in [2.75, 3.05) is 18.6 Å². The molecule has 2 aromatic rings. The lowest BCUT2D eigenvalue weighted by atomic mass is 9.99. The van der Waals surface area contributed by atoms with Crippen LogP contribution in [0.2, 0.25) is 0 Å². The van der Waals surface area contributed by atoms with Crippen LogP contribution in [-0.2, 0) is 31.2 Å². The minimum absolute atomic E-state index is 0.318. The number of imide groups is 1. The Labute approximate surface area is 177 Å². The maximum atomic E-state index is 12.7. The van der Waals surface area contributed by atoms with Crippen LogP contribution in [0.3, 0.4) is 0 Å². The number of nitrogens with zero attached hydrogens (tertiary/aromatic N) is 1. The first kappa shape index (κ1) is 21.7. The van der Waals surface area contributed by atoms with E-state index in [0.29, 0.717) is 30.0 Å². The lowest BCUT2D eigenvalue weighted by Crippen LogP contribution is -2.32. The second-order valence-corrected chi connectivity index (χ2v) is 7.71. The predicted octanol–water partition coefficient (Wildman–Crippen LogP) is 4.33. The highest BCUT2D eigenvalue weighted by atomic mass is 17.2. The van der Waals surface area contributed by atoms with Gasteiger partial charge in [-0.25, -0.2) is 4.90 Å². The Kier molecular flexibility index (Phi) is 6.70. The Balaban J connectivity index is 1.93. The summed E-state index contributed by atoms with van der Waals surface area (Å²) in [6, 6.07) is 15.1. The van der Waals surface area contributed by atoms with Crippen LogP contribution >= 0.6 is 0 Å². The molecule has 0 unspecified atom stereocenters. The average Bonchev–Trinajstić information content (AvgIpc) is 2.99. The van der Waals surface area contributed by atoms with E-state index < -0.39 is 5.60 Å². The van der Waals surface area contributed by atoms with E-state index in [1.54, 1.807) is 20.1 Å². The molecule has 0 saturated heterocycles. The molecule has 0 aliphatic carbocycles. The van der Waals surface area contributed by atoms with Crippen LogP contribution in [0.5, 0.6) is 5.75 Å². The molecule has 6 heteroatoms. The van der Waals surface area contributed by atoms with E-state index in [2.05, 4.69) is 0 Å². The number of rotatable bonds is 9. The van der Waals surface area contributed by atoms with Crippen molar-refractivity contribution < 1.29 is 24.1 Å². The molecule has 0 aromatic heterocycles. The summed E-state index contributed by atoms with van der Waals surface area (Å²) in [5, 5.41) is 0. The van der Waals surface area contributed by atoms with Gasteiger partial charge in [-0.05, 0) is 50.8 Å². The fourth-order valence-electron chi connectivity index (χ4n) is 3.33. The Hall–Kier alpha value is -2.96. The number of ether oxygens (including phenoxy) is 1. The van der Waals surface area contributed by atoms with Gasteiger partial charge in [-0.2, -0.15) is 4.89 Å². The molecule has 1 aliphatic rings. The number of para-hydroxylation sites is 1. The first-order valence-corrected chi connectivity index (χ1v) is 9.94. The van der Waals surface area contributed by atoms with Crippen molar-refractivity contribution in [3.63, 3.8) is 0 Å². The number of benzene rings is 2. The van der Waals surface area contributed by atoms with Crippen molar-refractivity contribution in [2.45, 2.75) is 39.2 Å². The zero-order valence-corrected chi connectivity index (χ0v) is 17.8. The van der Waals surface area contributed by atoms with Gasteiger partial charge in [0.25, 0.3) is 11.8 Å². The molecule has 0 atom stereocenters. The Morgan fingerprint density at radius 2 is 1.73 bits per heavy atom. The number of carbonyl (C=O) groups excluding carboxylic acids is 2. The standard InChI is InChI=1S/C24H27NO5/c1-17-16-21(26)25(23(17)27)22-18(11-9-15-28-4)10-8-14-20(22)29-30-24(2,3)19-12-6-5-7-13-19/h5-8,10,12-14,16H,9,11,15H2,1-4H3. The zero-order valence-electron chi connectivity index (χ0n) is 17.8. The van der Waals surface area contributed by atoms with Crippen molar-refractivity contribution in [2.24, 2.45) is 0 Å². The first-order chi connectivity index (χ1) is 14.3. The van der Waals surface area contributed by atoms with Crippen molar-refractivity contribution in [3.05, 3.63) is 71.3 Å². The molecule has 0 spiro atoms. The molecular formula is C24H27NO5. The van der Waals surface area contributed by atoms with Gasteiger partial charge in [-0.3, -0.25) is 9.59 Å². The van der Waals surface area contributed by atoms with Gasteiger partial charge in [0.1, 0.15) is 11.3 Å². The summed E-state index contributed by atoms with van der Waals surface area (Å²) in [7, 11) is 1.64. The van der Waals surface area contributed by atoms with Gasteiger partial charge >= 0.3 is 0 Å². The van der Waals surface area contributed by atoms with Gasteiger partial charge < -0.3 is 9.62 Å². The number of aryl methyl sites for hydroxylation is 1. The van der Waals surface area contributed by atoms with E-state index in [0.717, 1.165) is 22.4 Å². The number of hydrogen-bond acceptors (Lipinski definition) is 5. The molecule has 30 heavy (non-hydrogen) atoms. The van der Waals surface area contributed by atoms with E-state index in [4.69, 9.17) is 14.5 Å². The molecule has 2 amide bonds. The number of carbonyl (C=O) groups is 2. The normalized spacial score (nSPS) is 14.3. The summed E-state index contributed by atoms with van der Waals surface area (Å²) >= 11 is 0. The van der Waals surface area contributed by atoms with E-state index in [1.807, 2.05) is 56.3 Å². The SMILES string of the molecule is COCCCc1cccc(OOC(C)(C)c2ccccc2)c1N1C(=O)C=C(C)C1=O. The van der Waals surface area contributed by atoms with Crippen LogP contribution in [0.15, 0.2) is 60.2 Å². The van der Waals surface area contributed by atoms with Gasteiger partial charge in [-0.15, -0.1) is 0 Å². The second kappa shape index (κ2) is 9.24. The monoisotopic (exact) mass is 409 g/mol. The van der Waals surface area contributed by atoms with E-state index in [1.165, 1.54) is 6.08 Å². The Bertz CT molecular complexity index is 949. The first-order valence-electron chi connectivity index (χ1n) is 9.94. The molecule has 0 radical (unpaired) electrons. The third-order valence-corrected chi connectivity index (χ3v) is 5.01. The highest BCUT2D eigenvalue weighted by Gasteiger charge is 2.34. The molecule has 0 bridgehead atoms. The topological polar surface area (TPSA) is 65.1 Å². The summed E-state index contributed by atoms with van der Waals surface area (Å²) in [6.07, 6.45) is 2.71. The van der Waals surface area contributed by atoms with E-state index in [-0.39, 0.29) is 11.8 Å². The van der Waals surface area contributed by atoms with Crippen molar-refractivity contribution in [3.8, 4) is 5.75 Å². The number of anilines is 1. The van der Waals surface area contributed by atoms with Crippen LogP contribution in [0.1, 0.15) is 38.3 Å². The molecule has 6 nitrogen and oxygen atoms in total. The molecule has 3 rings (SSSR count). The number of methoxy groups -OCH3 is 1. The third kappa shape index (κ3) is 4.61. The fraction of sp³-hybridized carbons (Fsp3) is 0.333. The molecule has 0 fully saturated rings. The van der Waals surface area contributed by atoms with Gasteiger partial charge in [0.2, 0.25) is 0 Å². The predicted molar refractivity (Wildman–Crippen MR) is 114 cm³/mol. The largest absolute Gasteiger partial charge is 0.385 e. The third-order valence-electron chi connectivity index (χ3n) is 5.01. The van der Waals surface area contributed by atoms with Crippen LogP contribution in [0.4, 0.5) is 5.69 Å². The lowest BCUT2D eigenvalue weighted by Gasteiger charge is -2.26. The van der Waals surface area contributed by atoms with Crippen molar-refractivity contribution >= 4 is 17.5 Å². The Morgan fingerprint density at radius 3 is 2.37 bits per heavy atom. The average molecular weight is 409 g/mol. The highest BCUT2D eigenvalue weighted by molar-refractivity contribution is 6.31. The molecular weight excluding hydrogens is 382 g/mol. The molecule has 1 heterocycles. The van der Waals surface area contributed by atoms with E-state index in [9.17, 15) is 9.59 Å². The highest BCUT2D eigenvalue weighted by Crippen LogP contribution is 2.38. The van der Waals surface area contributed by atoms with Crippen LogP contribution in [0, 0.1) is 0 Å². The molecule has 1 aliphatic heterocycles. The van der Waals surface area contributed by atoms with Gasteiger partial charge in [0, 0.05) is 25.4 Å². The molecule has 0 N–H and O–H groups in total. The second-order valence-electron chi connectivity index (χ2n) is 7.71. The van der Waals surface area contributed by atoms with Gasteiger partial charge in [-0.1, -0.05) is 42.5 Å². The van der Waals surface area contributed by atoms with Crippen molar-refractivity contribution in [1.82, 2.24) is 0 Å².